The van der Waals surface area contributed by atoms with Crippen LogP contribution >= 0.6 is 24.0 Å². The molecular weight excluding hydrogens is 482 g/mol. The number of hydrogen-bond donors (Lipinski definition) is 2. The van der Waals surface area contributed by atoms with Crippen molar-refractivity contribution in [2.24, 2.45) is 4.99 Å². The normalized spacial score (nSPS) is 15.8. The van der Waals surface area contributed by atoms with Crippen molar-refractivity contribution in [3.63, 3.8) is 0 Å². The number of hydrogen-bond acceptors (Lipinski definition) is 3. The highest BCUT2D eigenvalue weighted by molar-refractivity contribution is 14.0. The third-order valence-corrected chi connectivity index (χ3v) is 5.10. The molecule has 0 bridgehead atoms. The Morgan fingerprint density at radius 1 is 1.21 bits per heavy atom. The van der Waals surface area contributed by atoms with Crippen molar-refractivity contribution in [1.29, 1.82) is 0 Å². The van der Waals surface area contributed by atoms with Gasteiger partial charge in [-0.25, -0.2) is 9.07 Å². The van der Waals surface area contributed by atoms with Gasteiger partial charge in [0, 0.05) is 45.3 Å². The van der Waals surface area contributed by atoms with E-state index < -0.39 is 0 Å². The summed E-state index contributed by atoms with van der Waals surface area (Å²) in [7, 11) is 1.81. The van der Waals surface area contributed by atoms with Gasteiger partial charge in [-0.3, -0.25) is 4.99 Å². The van der Waals surface area contributed by atoms with Crippen LogP contribution < -0.4 is 10.6 Å². The highest BCUT2D eigenvalue weighted by Crippen LogP contribution is 2.11. The molecule has 2 aromatic rings. The fourth-order valence-corrected chi connectivity index (χ4v) is 3.55. The molecule has 0 spiro atoms. The molecule has 1 aromatic carbocycles. The molecule has 1 aliphatic rings. The van der Waals surface area contributed by atoms with Crippen molar-refractivity contribution in [3.05, 3.63) is 48.0 Å². The van der Waals surface area contributed by atoms with Crippen molar-refractivity contribution >= 4 is 29.9 Å². The number of halogens is 2. The van der Waals surface area contributed by atoms with Crippen molar-refractivity contribution in [2.75, 3.05) is 33.2 Å². The number of guanidine groups is 1. The van der Waals surface area contributed by atoms with E-state index >= 15 is 0 Å². The van der Waals surface area contributed by atoms with E-state index in [0.29, 0.717) is 6.04 Å². The molecule has 0 aliphatic carbocycles. The quantitative estimate of drug-likeness (QED) is 0.339. The Balaban J connectivity index is 0.00000300. The number of benzene rings is 1. The Morgan fingerprint density at radius 2 is 1.93 bits per heavy atom. The van der Waals surface area contributed by atoms with Crippen molar-refractivity contribution in [3.8, 4) is 5.69 Å². The van der Waals surface area contributed by atoms with Gasteiger partial charge in [0.25, 0.3) is 0 Å². The minimum absolute atomic E-state index is 0. The SMILES string of the molecule is CCCN1CCC(NC(=NC)NCCc2ccn(-c3ccc(F)cc3)n2)CC1.I. The maximum absolute atomic E-state index is 13.0. The number of piperidine rings is 1. The molecule has 29 heavy (non-hydrogen) atoms. The molecule has 0 unspecified atom stereocenters. The van der Waals surface area contributed by atoms with Crippen LogP contribution in [-0.4, -0.2) is 59.9 Å². The first-order chi connectivity index (χ1) is 13.7. The fourth-order valence-electron chi connectivity index (χ4n) is 3.55. The number of likely N-dealkylation sites (tertiary alicyclic amines) is 1. The largest absolute Gasteiger partial charge is 0.356 e. The maximum atomic E-state index is 13.0. The average molecular weight is 514 g/mol. The van der Waals surface area contributed by atoms with Crippen LogP contribution in [0.15, 0.2) is 41.5 Å². The zero-order chi connectivity index (χ0) is 19.8. The van der Waals surface area contributed by atoms with Crippen LogP contribution in [0.2, 0.25) is 0 Å². The second-order valence-corrected chi connectivity index (χ2v) is 7.24. The second-order valence-electron chi connectivity index (χ2n) is 7.24. The van der Waals surface area contributed by atoms with Crippen LogP contribution in [0, 0.1) is 5.82 Å². The molecule has 0 atom stereocenters. The van der Waals surface area contributed by atoms with Crippen LogP contribution in [0.25, 0.3) is 5.69 Å². The Labute approximate surface area is 190 Å². The Kier molecular flexibility index (Phi) is 9.86. The second kappa shape index (κ2) is 12.1. The number of nitrogens with one attached hydrogen (secondary N) is 2. The lowest BCUT2D eigenvalue weighted by molar-refractivity contribution is 0.206. The lowest BCUT2D eigenvalue weighted by Crippen LogP contribution is -2.49. The van der Waals surface area contributed by atoms with Gasteiger partial charge in [-0.15, -0.1) is 24.0 Å². The monoisotopic (exact) mass is 514 g/mol. The van der Waals surface area contributed by atoms with Crippen LogP contribution in [0.4, 0.5) is 4.39 Å². The highest BCUT2D eigenvalue weighted by atomic mass is 127. The average Bonchev–Trinajstić information content (AvgIpc) is 3.18. The summed E-state index contributed by atoms with van der Waals surface area (Å²) in [4.78, 5) is 6.88. The molecule has 0 radical (unpaired) electrons. The summed E-state index contributed by atoms with van der Waals surface area (Å²) in [5.41, 5.74) is 1.84. The topological polar surface area (TPSA) is 57.5 Å². The van der Waals surface area contributed by atoms with E-state index in [9.17, 15) is 4.39 Å². The van der Waals surface area contributed by atoms with Crippen LogP contribution in [0.1, 0.15) is 31.9 Å². The number of nitrogens with zero attached hydrogens (tertiary/aromatic N) is 4. The zero-order valence-electron chi connectivity index (χ0n) is 17.3. The van der Waals surface area contributed by atoms with E-state index in [1.54, 1.807) is 16.8 Å². The predicted octanol–water partition coefficient (Wildman–Crippen LogP) is 3.21. The summed E-state index contributed by atoms with van der Waals surface area (Å²) in [6.07, 6.45) is 6.23. The van der Waals surface area contributed by atoms with E-state index in [0.717, 1.165) is 56.2 Å². The standard InChI is InChI=1S/C21H31FN6.HI/c1-3-13-27-14-9-18(10-15-27)25-21(23-2)24-12-8-19-11-16-28(26-19)20-6-4-17(22)5-7-20;/h4-7,11,16,18H,3,8-10,12-15H2,1-2H3,(H2,23,24,25);1H. The molecule has 3 rings (SSSR count). The molecule has 0 saturated carbocycles. The molecule has 2 N–H and O–H groups in total. The zero-order valence-corrected chi connectivity index (χ0v) is 19.6. The van der Waals surface area contributed by atoms with Crippen LogP contribution in [0.5, 0.6) is 0 Å². The lowest BCUT2D eigenvalue weighted by Gasteiger charge is -2.32. The third kappa shape index (κ3) is 7.26. The van der Waals surface area contributed by atoms with E-state index in [1.807, 2.05) is 19.3 Å². The molecule has 2 heterocycles. The lowest BCUT2D eigenvalue weighted by atomic mass is 10.1. The smallest absolute Gasteiger partial charge is 0.191 e. The van der Waals surface area contributed by atoms with Gasteiger partial charge in [-0.05, 0) is 56.1 Å². The van der Waals surface area contributed by atoms with Gasteiger partial charge in [0.15, 0.2) is 5.96 Å². The fraction of sp³-hybridized carbons (Fsp3) is 0.524. The first-order valence-electron chi connectivity index (χ1n) is 10.2. The summed E-state index contributed by atoms with van der Waals surface area (Å²) < 4.78 is 14.8. The van der Waals surface area contributed by atoms with E-state index in [1.165, 1.54) is 25.1 Å². The number of aliphatic imine (C=N–C) groups is 1. The van der Waals surface area contributed by atoms with E-state index in [2.05, 4.69) is 32.5 Å². The molecule has 6 nitrogen and oxygen atoms in total. The molecule has 0 amide bonds. The van der Waals surface area contributed by atoms with Gasteiger partial charge in [0.2, 0.25) is 0 Å². The highest BCUT2D eigenvalue weighted by Gasteiger charge is 2.19. The molecule has 1 aromatic heterocycles. The minimum Gasteiger partial charge on any atom is -0.356 e. The maximum Gasteiger partial charge on any atom is 0.191 e. The van der Waals surface area contributed by atoms with Gasteiger partial charge in [0.05, 0.1) is 11.4 Å². The third-order valence-electron chi connectivity index (χ3n) is 5.10. The number of rotatable bonds is 7. The Bertz CT molecular complexity index is 753. The molecule has 1 fully saturated rings. The van der Waals surface area contributed by atoms with Gasteiger partial charge in [0.1, 0.15) is 5.82 Å². The number of aromatic nitrogens is 2. The predicted molar refractivity (Wildman–Crippen MR) is 127 cm³/mol. The van der Waals surface area contributed by atoms with Crippen LogP contribution in [0.3, 0.4) is 0 Å². The van der Waals surface area contributed by atoms with Crippen LogP contribution in [-0.2, 0) is 6.42 Å². The summed E-state index contributed by atoms with van der Waals surface area (Å²) in [5, 5.41) is 11.5. The molecule has 8 heteroatoms. The van der Waals surface area contributed by atoms with E-state index in [4.69, 9.17) is 0 Å². The molecular formula is C21H32FIN6. The summed E-state index contributed by atoms with van der Waals surface area (Å²) in [6, 6.07) is 8.81. The van der Waals surface area contributed by atoms with Gasteiger partial charge in [-0.1, -0.05) is 6.92 Å². The van der Waals surface area contributed by atoms with Gasteiger partial charge >= 0.3 is 0 Å². The van der Waals surface area contributed by atoms with Crippen molar-refractivity contribution in [2.45, 2.75) is 38.6 Å². The molecule has 160 valence electrons. The summed E-state index contributed by atoms with van der Waals surface area (Å²) in [5.74, 6) is 0.613. The van der Waals surface area contributed by atoms with E-state index in [-0.39, 0.29) is 29.8 Å². The Morgan fingerprint density at radius 3 is 2.59 bits per heavy atom. The summed E-state index contributed by atoms with van der Waals surface area (Å²) >= 11 is 0. The first kappa shape index (κ1) is 23.6. The van der Waals surface area contributed by atoms with Gasteiger partial charge < -0.3 is 15.5 Å². The van der Waals surface area contributed by atoms with Crippen molar-refractivity contribution in [1.82, 2.24) is 25.3 Å². The minimum atomic E-state index is -0.241. The van der Waals surface area contributed by atoms with Crippen molar-refractivity contribution < 1.29 is 4.39 Å². The van der Waals surface area contributed by atoms with Gasteiger partial charge in [-0.2, -0.15) is 5.10 Å². The molecule has 1 aliphatic heterocycles. The first-order valence-corrected chi connectivity index (χ1v) is 10.2. The Hall–Kier alpha value is -1.68. The summed E-state index contributed by atoms with van der Waals surface area (Å²) in [6.45, 7) is 6.50. The molecule has 1 saturated heterocycles.